The van der Waals surface area contributed by atoms with Gasteiger partial charge in [0.1, 0.15) is 0 Å². The number of ether oxygens (including phenoxy) is 1. The first-order chi connectivity index (χ1) is 12.6. The van der Waals surface area contributed by atoms with E-state index in [2.05, 4.69) is 26.6 Å². The number of rotatable bonds is 5. The average molecular weight is 433 g/mol. The quantitative estimate of drug-likeness (QED) is 0.692. The summed E-state index contributed by atoms with van der Waals surface area (Å²) in [4.78, 5) is 36.1. The zero-order chi connectivity index (χ0) is 20.0. The molecule has 7 heteroatoms. The van der Waals surface area contributed by atoms with Crippen molar-refractivity contribution in [2.24, 2.45) is 5.41 Å². The molecule has 0 radical (unpaired) electrons. The van der Waals surface area contributed by atoms with Gasteiger partial charge in [0, 0.05) is 21.3 Å². The molecule has 0 bridgehead atoms. The first-order valence-corrected chi connectivity index (χ1v) is 9.08. The molecule has 0 aliphatic carbocycles. The third-order valence-corrected chi connectivity index (χ3v) is 4.03. The zero-order valence-electron chi connectivity index (χ0n) is 15.3. The van der Waals surface area contributed by atoms with Crippen LogP contribution < -0.4 is 10.6 Å². The van der Waals surface area contributed by atoms with Crippen molar-refractivity contribution < 1.29 is 19.1 Å². The number of hydrogen-bond donors (Lipinski definition) is 2. The molecule has 0 saturated carbocycles. The predicted octanol–water partition coefficient (Wildman–Crippen LogP) is 4.23. The van der Waals surface area contributed by atoms with Gasteiger partial charge in [-0.2, -0.15) is 0 Å². The van der Waals surface area contributed by atoms with Crippen LogP contribution in [0.2, 0.25) is 0 Å². The maximum atomic E-state index is 12.2. The van der Waals surface area contributed by atoms with Gasteiger partial charge in [-0.1, -0.05) is 42.8 Å². The van der Waals surface area contributed by atoms with E-state index in [9.17, 15) is 14.4 Å². The molecule has 0 spiro atoms. The van der Waals surface area contributed by atoms with Gasteiger partial charge in [-0.3, -0.25) is 9.59 Å². The highest BCUT2D eigenvalue weighted by atomic mass is 79.9. The molecular formula is C20H21BrN2O4. The van der Waals surface area contributed by atoms with Crippen LogP contribution in [0.15, 0.2) is 53.0 Å². The van der Waals surface area contributed by atoms with Gasteiger partial charge in [-0.15, -0.1) is 0 Å². The van der Waals surface area contributed by atoms with Crippen LogP contribution in [0.5, 0.6) is 0 Å². The predicted molar refractivity (Wildman–Crippen MR) is 108 cm³/mol. The molecule has 142 valence electrons. The van der Waals surface area contributed by atoms with Crippen molar-refractivity contribution in [3.05, 3.63) is 58.6 Å². The number of anilines is 2. The van der Waals surface area contributed by atoms with Crippen LogP contribution in [-0.4, -0.2) is 24.4 Å². The highest BCUT2D eigenvalue weighted by Gasteiger charge is 2.21. The van der Waals surface area contributed by atoms with Gasteiger partial charge >= 0.3 is 5.97 Å². The Labute approximate surface area is 166 Å². The molecule has 0 fully saturated rings. The first kappa shape index (κ1) is 20.6. The van der Waals surface area contributed by atoms with Gasteiger partial charge in [0.05, 0.1) is 5.56 Å². The third kappa shape index (κ3) is 6.53. The van der Waals surface area contributed by atoms with E-state index in [-0.39, 0.29) is 11.5 Å². The van der Waals surface area contributed by atoms with Crippen molar-refractivity contribution in [3.8, 4) is 0 Å². The summed E-state index contributed by atoms with van der Waals surface area (Å²) in [6.07, 6.45) is 0. The van der Waals surface area contributed by atoms with E-state index in [0.29, 0.717) is 11.4 Å². The van der Waals surface area contributed by atoms with E-state index in [1.807, 2.05) is 0 Å². The maximum Gasteiger partial charge on any atom is 0.338 e. The molecule has 2 aromatic rings. The topological polar surface area (TPSA) is 84.5 Å². The highest BCUT2D eigenvalue weighted by molar-refractivity contribution is 9.10. The second kappa shape index (κ2) is 8.81. The second-order valence-electron chi connectivity index (χ2n) is 6.92. The zero-order valence-corrected chi connectivity index (χ0v) is 16.9. The fraction of sp³-hybridized carbons (Fsp3) is 0.250. The maximum absolute atomic E-state index is 12.2. The summed E-state index contributed by atoms with van der Waals surface area (Å²) in [5.41, 5.74) is 0.787. The lowest BCUT2D eigenvalue weighted by molar-refractivity contribution is -0.123. The van der Waals surface area contributed by atoms with Crippen molar-refractivity contribution in [3.63, 3.8) is 0 Å². The van der Waals surface area contributed by atoms with E-state index < -0.39 is 23.9 Å². The Hall–Kier alpha value is -2.67. The van der Waals surface area contributed by atoms with Crippen LogP contribution in [0.3, 0.4) is 0 Å². The number of nitrogens with one attached hydrogen (secondary N) is 2. The molecule has 0 aromatic heterocycles. The van der Waals surface area contributed by atoms with E-state index in [1.54, 1.807) is 63.2 Å². The first-order valence-electron chi connectivity index (χ1n) is 8.29. The average Bonchev–Trinajstić information content (AvgIpc) is 2.61. The van der Waals surface area contributed by atoms with Crippen molar-refractivity contribution in [2.45, 2.75) is 20.8 Å². The lowest BCUT2D eigenvalue weighted by Crippen LogP contribution is -2.27. The number of carbonyl (C=O) groups excluding carboxylic acids is 3. The molecule has 0 heterocycles. The smallest absolute Gasteiger partial charge is 0.338 e. The summed E-state index contributed by atoms with van der Waals surface area (Å²) in [5.74, 6) is -1.25. The van der Waals surface area contributed by atoms with Gasteiger partial charge in [0.2, 0.25) is 5.91 Å². The number of carbonyl (C=O) groups is 3. The fourth-order valence-corrected chi connectivity index (χ4v) is 2.25. The summed E-state index contributed by atoms with van der Waals surface area (Å²) >= 11 is 3.31. The van der Waals surface area contributed by atoms with Crippen LogP contribution in [0.1, 0.15) is 31.1 Å². The van der Waals surface area contributed by atoms with Crippen LogP contribution in [0.25, 0.3) is 0 Å². The Morgan fingerprint density at radius 1 is 0.963 bits per heavy atom. The summed E-state index contributed by atoms with van der Waals surface area (Å²) < 4.78 is 5.93. The number of halogens is 1. The number of amides is 2. The van der Waals surface area contributed by atoms with E-state index in [4.69, 9.17) is 4.74 Å². The minimum absolute atomic E-state index is 0.165. The minimum Gasteiger partial charge on any atom is -0.452 e. The van der Waals surface area contributed by atoms with Crippen LogP contribution >= 0.6 is 15.9 Å². The SMILES string of the molecule is CC(C)(C)C(=O)Nc1cccc(C(=O)OCC(=O)Nc2ccc(Br)cc2)c1. The van der Waals surface area contributed by atoms with E-state index >= 15 is 0 Å². The Kier molecular flexibility index (Phi) is 6.74. The molecule has 0 aliphatic heterocycles. The van der Waals surface area contributed by atoms with Gasteiger partial charge in [0.25, 0.3) is 5.91 Å². The Bertz CT molecular complexity index is 842. The minimum atomic E-state index is -0.646. The standard InChI is InChI=1S/C20H21BrN2O4/c1-20(2,3)19(26)23-16-6-4-5-13(11-16)18(25)27-12-17(24)22-15-9-7-14(21)8-10-15/h4-11H,12H2,1-3H3,(H,22,24)(H,23,26). The van der Waals surface area contributed by atoms with Crippen LogP contribution in [0.4, 0.5) is 11.4 Å². The lowest BCUT2D eigenvalue weighted by Gasteiger charge is -2.17. The number of esters is 1. The Balaban J connectivity index is 1.92. The van der Waals surface area contributed by atoms with Crippen molar-refractivity contribution in [1.29, 1.82) is 0 Å². The molecule has 0 saturated heterocycles. The normalized spacial score (nSPS) is 10.8. The molecule has 2 N–H and O–H groups in total. The molecule has 27 heavy (non-hydrogen) atoms. The number of benzene rings is 2. The Morgan fingerprint density at radius 3 is 2.26 bits per heavy atom. The molecule has 6 nitrogen and oxygen atoms in total. The largest absolute Gasteiger partial charge is 0.452 e. The van der Waals surface area contributed by atoms with Crippen molar-refractivity contribution in [2.75, 3.05) is 17.2 Å². The fourth-order valence-electron chi connectivity index (χ4n) is 1.99. The van der Waals surface area contributed by atoms with Gasteiger partial charge in [-0.05, 0) is 42.5 Å². The summed E-state index contributed by atoms with van der Waals surface area (Å²) in [6, 6.07) is 13.4. The second-order valence-corrected chi connectivity index (χ2v) is 7.83. The van der Waals surface area contributed by atoms with Crippen LogP contribution in [0, 0.1) is 5.41 Å². The summed E-state index contributed by atoms with van der Waals surface area (Å²) in [6.45, 7) is 4.98. The summed E-state index contributed by atoms with van der Waals surface area (Å²) in [7, 11) is 0. The van der Waals surface area contributed by atoms with Gasteiger partial charge in [-0.25, -0.2) is 4.79 Å². The molecule has 2 aromatic carbocycles. The lowest BCUT2D eigenvalue weighted by atomic mass is 9.95. The highest BCUT2D eigenvalue weighted by Crippen LogP contribution is 2.18. The van der Waals surface area contributed by atoms with Crippen molar-refractivity contribution >= 4 is 45.1 Å². The molecule has 0 atom stereocenters. The Morgan fingerprint density at radius 2 is 1.63 bits per heavy atom. The monoisotopic (exact) mass is 432 g/mol. The molecule has 0 aliphatic rings. The van der Waals surface area contributed by atoms with E-state index in [0.717, 1.165) is 4.47 Å². The summed E-state index contributed by atoms with van der Waals surface area (Å²) in [5, 5.41) is 5.39. The molecule has 0 unspecified atom stereocenters. The van der Waals surface area contributed by atoms with Crippen LogP contribution in [-0.2, 0) is 14.3 Å². The van der Waals surface area contributed by atoms with Gasteiger partial charge < -0.3 is 15.4 Å². The molecule has 2 rings (SSSR count). The van der Waals surface area contributed by atoms with Gasteiger partial charge in [0.15, 0.2) is 6.61 Å². The third-order valence-electron chi connectivity index (χ3n) is 3.50. The number of hydrogen-bond acceptors (Lipinski definition) is 4. The molecular weight excluding hydrogens is 412 g/mol. The van der Waals surface area contributed by atoms with E-state index in [1.165, 1.54) is 6.07 Å². The molecule has 2 amide bonds. The van der Waals surface area contributed by atoms with Crippen molar-refractivity contribution in [1.82, 2.24) is 0 Å².